The Labute approximate surface area is 151 Å². The van der Waals surface area contributed by atoms with Crippen LogP contribution in [0.15, 0.2) is 66.9 Å². The van der Waals surface area contributed by atoms with Crippen molar-refractivity contribution in [3.63, 3.8) is 0 Å². The Bertz CT molecular complexity index is 979. The molecule has 0 saturated heterocycles. The van der Waals surface area contributed by atoms with Crippen molar-refractivity contribution >= 4 is 23.0 Å². The molecule has 3 aromatic rings. The number of rotatable bonds is 5. The van der Waals surface area contributed by atoms with E-state index >= 15 is 0 Å². The second-order valence-electron chi connectivity index (χ2n) is 5.37. The van der Waals surface area contributed by atoms with Crippen molar-refractivity contribution < 1.29 is 9.53 Å². The molecule has 0 aliphatic heterocycles. The lowest BCUT2D eigenvalue weighted by Gasteiger charge is -2.11. The highest BCUT2D eigenvalue weighted by atomic mass is 16.5. The van der Waals surface area contributed by atoms with Gasteiger partial charge < -0.3 is 15.4 Å². The van der Waals surface area contributed by atoms with E-state index in [9.17, 15) is 10.1 Å². The normalized spacial score (nSPS) is 9.85. The maximum absolute atomic E-state index is 12.5. The molecule has 0 aliphatic carbocycles. The third kappa shape index (κ3) is 3.79. The van der Waals surface area contributed by atoms with Crippen molar-refractivity contribution in [2.24, 2.45) is 0 Å². The standard InChI is InChI=1S/C20H16N4O2/c1-26-19-9-5-4-8-17(19)24-20(25)18-12-15(10-11-22-18)23-16-7-3-2-6-14(16)13-21/h2-12H,1H3,(H,22,23)(H,24,25). The van der Waals surface area contributed by atoms with Crippen LogP contribution in [0.5, 0.6) is 5.75 Å². The zero-order valence-electron chi connectivity index (χ0n) is 14.1. The maximum Gasteiger partial charge on any atom is 0.274 e. The third-order valence-electron chi connectivity index (χ3n) is 3.67. The average Bonchev–Trinajstić information content (AvgIpc) is 2.69. The molecule has 6 nitrogen and oxygen atoms in total. The van der Waals surface area contributed by atoms with Crippen LogP contribution in [-0.2, 0) is 0 Å². The fourth-order valence-electron chi connectivity index (χ4n) is 2.41. The van der Waals surface area contributed by atoms with Crippen LogP contribution in [0.25, 0.3) is 0 Å². The van der Waals surface area contributed by atoms with Crippen LogP contribution >= 0.6 is 0 Å². The van der Waals surface area contributed by atoms with Gasteiger partial charge in [0.1, 0.15) is 17.5 Å². The smallest absolute Gasteiger partial charge is 0.274 e. The fourth-order valence-corrected chi connectivity index (χ4v) is 2.41. The molecule has 3 rings (SSSR count). The predicted molar refractivity (Wildman–Crippen MR) is 99.6 cm³/mol. The molecule has 0 fully saturated rings. The van der Waals surface area contributed by atoms with Gasteiger partial charge in [0.25, 0.3) is 5.91 Å². The summed E-state index contributed by atoms with van der Waals surface area (Å²) in [6.45, 7) is 0. The molecule has 1 heterocycles. The molecule has 6 heteroatoms. The van der Waals surface area contributed by atoms with E-state index < -0.39 is 0 Å². The van der Waals surface area contributed by atoms with E-state index in [0.29, 0.717) is 28.4 Å². The van der Waals surface area contributed by atoms with Gasteiger partial charge in [-0.05, 0) is 36.4 Å². The van der Waals surface area contributed by atoms with E-state index in [0.717, 1.165) is 0 Å². The van der Waals surface area contributed by atoms with E-state index in [1.807, 2.05) is 18.2 Å². The summed E-state index contributed by atoms with van der Waals surface area (Å²) in [5.74, 6) is 0.213. The zero-order chi connectivity index (χ0) is 18.4. The Hall–Kier alpha value is -3.85. The number of anilines is 3. The summed E-state index contributed by atoms with van der Waals surface area (Å²) in [7, 11) is 1.54. The second-order valence-corrected chi connectivity index (χ2v) is 5.37. The Morgan fingerprint density at radius 2 is 1.81 bits per heavy atom. The minimum atomic E-state index is -0.355. The summed E-state index contributed by atoms with van der Waals surface area (Å²) >= 11 is 0. The third-order valence-corrected chi connectivity index (χ3v) is 3.67. The van der Waals surface area contributed by atoms with Crippen LogP contribution in [-0.4, -0.2) is 18.0 Å². The number of amides is 1. The highest BCUT2D eigenvalue weighted by Gasteiger charge is 2.11. The maximum atomic E-state index is 12.5. The molecule has 0 spiro atoms. The lowest BCUT2D eigenvalue weighted by atomic mass is 10.2. The average molecular weight is 344 g/mol. The number of carbonyl (C=O) groups excluding carboxylic acids is 1. The number of nitrogens with zero attached hydrogens (tertiary/aromatic N) is 2. The van der Waals surface area contributed by atoms with Crippen molar-refractivity contribution in [1.29, 1.82) is 5.26 Å². The lowest BCUT2D eigenvalue weighted by molar-refractivity contribution is 0.102. The Kier molecular flexibility index (Phi) is 5.11. The number of methoxy groups -OCH3 is 1. The monoisotopic (exact) mass is 344 g/mol. The number of para-hydroxylation sites is 3. The first kappa shape index (κ1) is 17.0. The molecule has 2 aromatic carbocycles. The molecule has 26 heavy (non-hydrogen) atoms. The number of hydrogen-bond donors (Lipinski definition) is 2. The first-order chi connectivity index (χ1) is 12.7. The number of carbonyl (C=O) groups is 1. The second kappa shape index (κ2) is 7.81. The van der Waals surface area contributed by atoms with Gasteiger partial charge in [-0.25, -0.2) is 0 Å². The summed E-state index contributed by atoms with van der Waals surface area (Å²) in [4.78, 5) is 16.6. The van der Waals surface area contributed by atoms with Crippen LogP contribution in [0.3, 0.4) is 0 Å². The number of pyridine rings is 1. The van der Waals surface area contributed by atoms with Gasteiger partial charge in [0.2, 0.25) is 0 Å². The molecular formula is C20H16N4O2. The van der Waals surface area contributed by atoms with Gasteiger partial charge in [0, 0.05) is 11.9 Å². The number of benzene rings is 2. The lowest BCUT2D eigenvalue weighted by Crippen LogP contribution is -2.14. The molecule has 1 aromatic heterocycles. The van der Waals surface area contributed by atoms with Crippen molar-refractivity contribution in [3.8, 4) is 11.8 Å². The van der Waals surface area contributed by atoms with E-state index in [2.05, 4.69) is 21.7 Å². The Morgan fingerprint density at radius 1 is 1.08 bits per heavy atom. The van der Waals surface area contributed by atoms with Crippen molar-refractivity contribution in [2.45, 2.75) is 0 Å². The molecule has 0 radical (unpaired) electrons. The van der Waals surface area contributed by atoms with E-state index in [-0.39, 0.29) is 11.6 Å². The van der Waals surface area contributed by atoms with Crippen LogP contribution < -0.4 is 15.4 Å². The number of aromatic nitrogens is 1. The van der Waals surface area contributed by atoms with Crippen LogP contribution in [0.2, 0.25) is 0 Å². The van der Waals surface area contributed by atoms with Gasteiger partial charge in [-0.3, -0.25) is 9.78 Å². The minimum Gasteiger partial charge on any atom is -0.495 e. The van der Waals surface area contributed by atoms with Gasteiger partial charge in [-0.2, -0.15) is 5.26 Å². The first-order valence-electron chi connectivity index (χ1n) is 7.88. The zero-order valence-corrected chi connectivity index (χ0v) is 14.1. The molecule has 0 saturated carbocycles. The van der Waals surface area contributed by atoms with E-state index in [1.54, 1.807) is 49.6 Å². The quantitative estimate of drug-likeness (QED) is 0.731. The largest absolute Gasteiger partial charge is 0.495 e. The van der Waals surface area contributed by atoms with E-state index in [4.69, 9.17) is 4.74 Å². The van der Waals surface area contributed by atoms with Gasteiger partial charge in [-0.1, -0.05) is 24.3 Å². The molecule has 128 valence electrons. The topological polar surface area (TPSA) is 87.0 Å². The van der Waals surface area contributed by atoms with Gasteiger partial charge in [0.05, 0.1) is 24.0 Å². The number of hydrogen-bond acceptors (Lipinski definition) is 5. The van der Waals surface area contributed by atoms with Gasteiger partial charge in [-0.15, -0.1) is 0 Å². The Morgan fingerprint density at radius 3 is 2.58 bits per heavy atom. The summed E-state index contributed by atoms with van der Waals surface area (Å²) in [6.07, 6.45) is 1.54. The minimum absolute atomic E-state index is 0.246. The Balaban J connectivity index is 1.81. The number of nitriles is 1. The molecule has 0 atom stereocenters. The predicted octanol–water partition coefficient (Wildman–Crippen LogP) is 3.96. The fraction of sp³-hybridized carbons (Fsp3) is 0.0500. The molecule has 1 amide bonds. The molecule has 2 N–H and O–H groups in total. The SMILES string of the molecule is COc1ccccc1NC(=O)c1cc(Nc2ccccc2C#N)ccn1. The van der Waals surface area contributed by atoms with Gasteiger partial charge in [0.15, 0.2) is 0 Å². The van der Waals surface area contributed by atoms with Crippen LogP contribution in [0.4, 0.5) is 17.1 Å². The summed E-state index contributed by atoms with van der Waals surface area (Å²) in [5, 5.41) is 15.1. The highest BCUT2D eigenvalue weighted by molar-refractivity contribution is 6.04. The molecule has 0 aliphatic rings. The van der Waals surface area contributed by atoms with Crippen molar-refractivity contribution in [2.75, 3.05) is 17.7 Å². The van der Waals surface area contributed by atoms with Crippen molar-refractivity contribution in [3.05, 3.63) is 78.1 Å². The van der Waals surface area contributed by atoms with Crippen molar-refractivity contribution in [1.82, 2.24) is 4.98 Å². The number of nitrogens with one attached hydrogen (secondary N) is 2. The summed E-state index contributed by atoms with van der Waals surface area (Å²) in [5.41, 5.74) is 2.65. The van der Waals surface area contributed by atoms with Crippen LogP contribution in [0, 0.1) is 11.3 Å². The van der Waals surface area contributed by atoms with E-state index in [1.165, 1.54) is 6.20 Å². The first-order valence-corrected chi connectivity index (χ1v) is 7.88. The number of ether oxygens (including phenoxy) is 1. The van der Waals surface area contributed by atoms with Crippen LogP contribution in [0.1, 0.15) is 16.1 Å². The molecule has 0 bridgehead atoms. The summed E-state index contributed by atoms with van der Waals surface area (Å²) < 4.78 is 5.23. The molecular weight excluding hydrogens is 328 g/mol. The molecule has 0 unspecified atom stereocenters. The highest BCUT2D eigenvalue weighted by Crippen LogP contribution is 2.24. The van der Waals surface area contributed by atoms with Gasteiger partial charge >= 0.3 is 0 Å². The summed E-state index contributed by atoms with van der Waals surface area (Å²) in [6, 6.07) is 19.8.